The fourth-order valence-electron chi connectivity index (χ4n) is 4.14. The Hall–Kier alpha value is -2.21. The van der Waals surface area contributed by atoms with Crippen molar-refractivity contribution in [3.8, 4) is 0 Å². The van der Waals surface area contributed by atoms with Crippen LogP contribution in [0.3, 0.4) is 0 Å². The normalized spacial score (nSPS) is 17.2. The second-order valence-electron chi connectivity index (χ2n) is 7.95. The first-order valence-corrected chi connectivity index (χ1v) is 10.1. The van der Waals surface area contributed by atoms with Crippen molar-refractivity contribution in [2.45, 2.75) is 39.0 Å². The summed E-state index contributed by atoms with van der Waals surface area (Å²) in [5, 5.41) is 19.1. The van der Waals surface area contributed by atoms with Gasteiger partial charge >= 0.3 is 0 Å². The molecule has 0 aliphatic carbocycles. The first-order valence-electron chi connectivity index (χ1n) is 10.1. The van der Waals surface area contributed by atoms with Crippen molar-refractivity contribution in [3.63, 3.8) is 0 Å². The molecular weight excluding hydrogens is 350 g/mol. The molecule has 0 saturated carbocycles. The van der Waals surface area contributed by atoms with E-state index in [1.807, 2.05) is 6.07 Å². The number of aliphatic hydroxyl groups is 2. The van der Waals surface area contributed by atoms with Gasteiger partial charge in [-0.25, -0.2) is 4.98 Å². The molecule has 1 aromatic heterocycles. The second kappa shape index (κ2) is 8.43. The summed E-state index contributed by atoms with van der Waals surface area (Å²) in [6.07, 6.45) is 1.24. The molecule has 2 N–H and O–H groups in total. The molecule has 28 heavy (non-hydrogen) atoms. The van der Waals surface area contributed by atoms with E-state index < -0.39 is 6.10 Å². The van der Waals surface area contributed by atoms with Crippen LogP contribution in [0.4, 0.5) is 0 Å². The molecule has 1 aliphatic heterocycles. The van der Waals surface area contributed by atoms with Gasteiger partial charge in [0, 0.05) is 6.54 Å². The van der Waals surface area contributed by atoms with Gasteiger partial charge in [-0.2, -0.15) is 0 Å². The number of aromatic nitrogens is 2. The van der Waals surface area contributed by atoms with Gasteiger partial charge in [0.05, 0.1) is 30.3 Å². The highest BCUT2D eigenvalue weighted by atomic mass is 16.3. The first-order chi connectivity index (χ1) is 13.6. The summed E-state index contributed by atoms with van der Waals surface area (Å²) in [6, 6.07) is 17.0. The minimum atomic E-state index is -0.590. The van der Waals surface area contributed by atoms with Gasteiger partial charge < -0.3 is 14.8 Å². The molecule has 1 saturated heterocycles. The highest BCUT2D eigenvalue weighted by Gasteiger charge is 2.25. The Kier molecular flexibility index (Phi) is 5.76. The lowest BCUT2D eigenvalue weighted by molar-refractivity contribution is 0.0167. The number of imidazole rings is 1. The summed E-state index contributed by atoms with van der Waals surface area (Å²) in [7, 11) is 0. The van der Waals surface area contributed by atoms with Crippen molar-refractivity contribution in [3.05, 3.63) is 65.5 Å². The van der Waals surface area contributed by atoms with Crippen LogP contribution in [0, 0.1) is 12.8 Å². The Morgan fingerprint density at radius 1 is 1.04 bits per heavy atom. The van der Waals surface area contributed by atoms with Crippen LogP contribution in [0.2, 0.25) is 0 Å². The molecule has 2 aromatic carbocycles. The van der Waals surface area contributed by atoms with Gasteiger partial charge in [-0.1, -0.05) is 42.0 Å². The predicted molar refractivity (Wildman–Crippen MR) is 111 cm³/mol. The molecule has 5 heteroatoms. The molecular formula is C23H29N3O2. The molecule has 0 radical (unpaired) electrons. The average Bonchev–Trinajstić information content (AvgIpc) is 3.06. The van der Waals surface area contributed by atoms with Gasteiger partial charge in [-0.3, -0.25) is 4.90 Å². The van der Waals surface area contributed by atoms with Crippen LogP contribution in [0.1, 0.15) is 29.8 Å². The van der Waals surface area contributed by atoms with E-state index in [2.05, 4.69) is 58.9 Å². The highest BCUT2D eigenvalue weighted by Crippen LogP contribution is 2.24. The van der Waals surface area contributed by atoms with E-state index in [4.69, 9.17) is 4.98 Å². The standard InChI is InChI=1S/C23H29N3O2/c1-17-6-8-18(9-7-17)14-26-21-5-3-2-4-20(21)24-23(26)15-25-12-10-19(11-13-25)22(28)16-27/h2-9,19,22,27-28H,10-16H2,1H3. The van der Waals surface area contributed by atoms with Gasteiger partial charge in [0.1, 0.15) is 5.82 Å². The molecule has 1 aliphatic rings. The molecule has 0 spiro atoms. The van der Waals surface area contributed by atoms with Crippen molar-refractivity contribution < 1.29 is 10.2 Å². The molecule has 4 rings (SSSR count). The maximum atomic E-state index is 9.90. The van der Waals surface area contributed by atoms with Crippen LogP contribution in [0.15, 0.2) is 48.5 Å². The third-order valence-corrected chi connectivity index (χ3v) is 5.92. The van der Waals surface area contributed by atoms with Crippen LogP contribution >= 0.6 is 0 Å². The van der Waals surface area contributed by atoms with E-state index in [1.54, 1.807) is 0 Å². The molecule has 2 heterocycles. The Labute approximate surface area is 166 Å². The van der Waals surface area contributed by atoms with E-state index in [0.29, 0.717) is 0 Å². The second-order valence-corrected chi connectivity index (χ2v) is 7.95. The van der Waals surface area contributed by atoms with Crippen molar-refractivity contribution in [1.29, 1.82) is 0 Å². The number of piperidine rings is 1. The lowest BCUT2D eigenvalue weighted by Crippen LogP contribution is -2.39. The third kappa shape index (κ3) is 4.12. The molecule has 1 unspecified atom stereocenters. The molecule has 5 nitrogen and oxygen atoms in total. The van der Waals surface area contributed by atoms with Gasteiger partial charge in [-0.15, -0.1) is 0 Å². The summed E-state index contributed by atoms with van der Waals surface area (Å²) < 4.78 is 2.33. The SMILES string of the molecule is Cc1ccc(Cn2c(CN3CCC(C(O)CO)CC3)nc3ccccc32)cc1. The molecule has 0 bridgehead atoms. The summed E-state index contributed by atoms with van der Waals surface area (Å²) in [6.45, 7) is 5.44. The number of aliphatic hydroxyl groups excluding tert-OH is 2. The number of nitrogens with zero attached hydrogens (tertiary/aromatic N) is 3. The van der Waals surface area contributed by atoms with Crippen LogP contribution in [0.5, 0.6) is 0 Å². The van der Waals surface area contributed by atoms with Gasteiger partial charge in [0.25, 0.3) is 0 Å². The van der Waals surface area contributed by atoms with Crippen LogP contribution in [0.25, 0.3) is 11.0 Å². The molecule has 1 atom stereocenters. The molecule has 3 aromatic rings. The maximum Gasteiger partial charge on any atom is 0.124 e. The minimum Gasteiger partial charge on any atom is -0.394 e. The average molecular weight is 380 g/mol. The highest BCUT2D eigenvalue weighted by molar-refractivity contribution is 5.76. The van der Waals surface area contributed by atoms with E-state index >= 15 is 0 Å². The van der Waals surface area contributed by atoms with Crippen molar-refractivity contribution >= 4 is 11.0 Å². The number of para-hydroxylation sites is 2. The van der Waals surface area contributed by atoms with E-state index in [-0.39, 0.29) is 12.5 Å². The Morgan fingerprint density at radius 3 is 2.46 bits per heavy atom. The predicted octanol–water partition coefficient (Wildman–Crippen LogP) is 2.96. The molecule has 0 amide bonds. The number of aryl methyl sites for hydroxylation is 1. The van der Waals surface area contributed by atoms with Crippen LogP contribution < -0.4 is 0 Å². The van der Waals surface area contributed by atoms with E-state index in [9.17, 15) is 10.2 Å². The van der Waals surface area contributed by atoms with Crippen LogP contribution in [-0.2, 0) is 13.1 Å². The van der Waals surface area contributed by atoms with Crippen molar-refractivity contribution in [1.82, 2.24) is 14.5 Å². The largest absolute Gasteiger partial charge is 0.394 e. The summed E-state index contributed by atoms with van der Waals surface area (Å²) in [4.78, 5) is 7.33. The van der Waals surface area contributed by atoms with Crippen LogP contribution in [-0.4, -0.2) is 50.5 Å². The topological polar surface area (TPSA) is 61.5 Å². The summed E-state index contributed by atoms with van der Waals surface area (Å²) >= 11 is 0. The smallest absolute Gasteiger partial charge is 0.124 e. The monoisotopic (exact) mass is 379 g/mol. The lowest BCUT2D eigenvalue weighted by atomic mass is 9.91. The summed E-state index contributed by atoms with van der Waals surface area (Å²) in [5.41, 5.74) is 4.76. The fraction of sp³-hybridized carbons (Fsp3) is 0.435. The van der Waals surface area contributed by atoms with Crippen molar-refractivity contribution in [2.75, 3.05) is 19.7 Å². The zero-order valence-corrected chi connectivity index (χ0v) is 16.5. The number of hydrogen-bond acceptors (Lipinski definition) is 4. The number of benzene rings is 2. The Bertz CT molecular complexity index is 911. The maximum absolute atomic E-state index is 9.90. The lowest BCUT2D eigenvalue weighted by Gasteiger charge is -2.33. The third-order valence-electron chi connectivity index (χ3n) is 5.92. The van der Waals surface area contributed by atoms with Gasteiger partial charge in [-0.05, 0) is 56.5 Å². The Morgan fingerprint density at radius 2 is 1.75 bits per heavy atom. The van der Waals surface area contributed by atoms with E-state index in [1.165, 1.54) is 16.6 Å². The number of hydrogen-bond donors (Lipinski definition) is 2. The zero-order chi connectivity index (χ0) is 19.5. The number of likely N-dealkylation sites (tertiary alicyclic amines) is 1. The zero-order valence-electron chi connectivity index (χ0n) is 16.5. The quantitative estimate of drug-likeness (QED) is 0.691. The Balaban J connectivity index is 1.54. The fourth-order valence-corrected chi connectivity index (χ4v) is 4.14. The van der Waals surface area contributed by atoms with Crippen molar-refractivity contribution in [2.24, 2.45) is 5.92 Å². The van der Waals surface area contributed by atoms with Gasteiger partial charge in [0.2, 0.25) is 0 Å². The summed E-state index contributed by atoms with van der Waals surface area (Å²) in [5.74, 6) is 1.29. The molecule has 148 valence electrons. The van der Waals surface area contributed by atoms with Gasteiger partial charge in [0.15, 0.2) is 0 Å². The minimum absolute atomic E-state index is 0.142. The van der Waals surface area contributed by atoms with E-state index in [0.717, 1.165) is 50.4 Å². The number of rotatable bonds is 6. The first kappa shape index (κ1) is 19.1. The molecule has 1 fully saturated rings. The number of fused-ring (bicyclic) bond motifs is 1.